The molecule has 9 rings (SSSR count). The van der Waals surface area contributed by atoms with Gasteiger partial charge >= 0.3 is 6.85 Å². The third kappa shape index (κ3) is 3.08. The molecule has 0 N–H and O–H groups in total. The number of fused-ring (bicyclic) bond motifs is 9. The molecule has 0 saturated carbocycles. The molecule has 1 aliphatic heterocycles. The average Bonchev–Trinajstić information content (AvgIpc) is 3.55. The molecular formula is C38H29BN2S. The summed E-state index contributed by atoms with van der Waals surface area (Å²) in [6, 6.07) is 51.7. The Bertz CT molecular complexity index is 2300. The standard InChI is InChI=1S/C38H29BN2S/c1-42(2)35-22-12-8-18-30(35)39(31-19-9-13-23-36(31)42)41-33-21-11-6-16-27(33)28-24-25-34-37(38(28)41)29-17-7-10-20-32(29)40(34)26-14-4-3-5-15-26/h3-25H,1-2H3. The van der Waals surface area contributed by atoms with Crippen LogP contribution in [0.3, 0.4) is 0 Å². The van der Waals surface area contributed by atoms with Crippen LogP contribution in [0.15, 0.2) is 149 Å². The molecular weight excluding hydrogens is 527 g/mol. The van der Waals surface area contributed by atoms with Gasteiger partial charge in [-0.25, -0.2) is 0 Å². The first-order chi connectivity index (χ1) is 20.6. The Kier molecular flexibility index (Phi) is 4.95. The van der Waals surface area contributed by atoms with Gasteiger partial charge in [-0.15, -0.1) is 0 Å². The summed E-state index contributed by atoms with van der Waals surface area (Å²) in [6.45, 7) is 0.0739. The molecule has 0 saturated heterocycles. The Hall–Kier alpha value is -4.67. The van der Waals surface area contributed by atoms with Crippen LogP contribution in [-0.4, -0.2) is 28.4 Å². The second kappa shape index (κ2) is 8.67. The van der Waals surface area contributed by atoms with Crippen molar-refractivity contribution in [2.45, 2.75) is 9.79 Å². The number of hydrogen-bond donors (Lipinski definition) is 0. The van der Waals surface area contributed by atoms with Crippen molar-refractivity contribution in [1.29, 1.82) is 0 Å². The van der Waals surface area contributed by atoms with Gasteiger partial charge in [0.1, 0.15) is 0 Å². The zero-order valence-electron chi connectivity index (χ0n) is 23.7. The second-order valence-electron chi connectivity index (χ2n) is 11.7. The summed E-state index contributed by atoms with van der Waals surface area (Å²) < 4.78 is 5.10. The molecule has 42 heavy (non-hydrogen) atoms. The highest BCUT2D eigenvalue weighted by molar-refractivity contribution is 8.33. The maximum atomic E-state index is 2.67. The smallest absolute Gasteiger partial charge is 0.330 e. The van der Waals surface area contributed by atoms with Gasteiger partial charge in [-0.3, -0.25) is 0 Å². The molecule has 0 atom stereocenters. The highest BCUT2D eigenvalue weighted by atomic mass is 32.3. The summed E-state index contributed by atoms with van der Waals surface area (Å²) in [7, 11) is -1.16. The van der Waals surface area contributed by atoms with E-state index in [1.165, 1.54) is 70.0 Å². The molecule has 0 unspecified atom stereocenters. The van der Waals surface area contributed by atoms with Crippen molar-refractivity contribution in [1.82, 2.24) is 9.05 Å². The van der Waals surface area contributed by atoms with E-state index >= 15 is 0 Å². The van der Waals surface area contributed by atoms with Crippen LogP contribution in [0, 0.1) is 0 Å². The highest BCUT2D eigenvalue weighted by Gasteiger charge is 2.39. The van der Waals surface area contributed by atoms with Crippen molar-refractivity contribution in [2.75, 3.05) is 12.5 Å². The number of hydrogen-bond acceptors (Lipinski definition) is 0. The number of para-hydroxylation sites is 3. The minimum absolute atomic E-state index is 0.0739. The minimum Gasteiger partial charge on any atom is -0.375 e. The van der Waals surface area contributed by atoms with Crippen molar-refractivity contribution in [3.05, 3.63) is 140 Å². The molecule has 0 aliphatic carbocycles. The zero-order chi connectivity index (χ0) is 28.0. The van der Waals surface area contributed by atoms with Crippen LogP contribution in [-0.2, 0) is 0 Å². The van der Waals surface area contributed by atoms with Gasteiger partial charge in [-0.05, 0) is 63.6 Å². The predicted molar refractivity (Wildman–Crippen MR) is 183 cm³/mol. The number of benzene rings is 6. The van der Waals surface area contributed by atoms with E-state index in [0.29, 0.717) is 0 Å². The summed E-state index contributed by atoms with van der Waals surface area (Å²) in [5.41, 5.74) is 9.08. The van der Waals surface area contributed by atoms with Crippen LogP contribution in [0.25, 0.3) is 49.3 Å². The SMILES string of the molecule is CS1(C)c2ccccc2B(n2c3ccccc3c3ccc4c(c5ccccc5n4-c4ccccc4)c32)c2ccccc21. The lowest BCUT2D eigenvalue weighted by Crippen LogP contribution is -2.54. The minimum atomic E-state index is -1.16. The van der Waals surface area contributed by atoms with Crippen LogP contribution < -0.4 is 10.9 Å². The fourth-order valence-electron chi connectivity index (χ4n) is 7.57. The van der Waals surface area contributed by atoms with Gasteiger partial charge in [0.05, 0.1) is 11.0 Å². The molecule has 2 aromatic heterocycles. The van der Waals surface area contributed by atoms with Gasteiger partial charge in [0.15, 0.2) is 0 Å². The zero-order valence-corrected chi connectivity index (χ0v) is 24.5. The Morgan fingerprint density at radius 2 is 1.05 bits per heavy atom. The topological polar surface area (TPSA) is 9.86 Å². The number of aromatic nitrogens is 2. The first-order valence-corrected chi connectivity index (χ1v) is 17.0. The lowest BCUT2D eigenvalue weighted by molar-refractivity contribution is 1.18. The molecule has 3 heterocycles. The van der Waals surface area contributed by atoms with E-state index < -0.39 is 10.0 Å². The normalized spacial score (nSPS) is 14.9. The first-order valence-electron chi connectivity index (χ1n) is 14.6. The largest absolute Gasteiger partial charge is 0.375 e. The van der Waals surface area contributed by atoms with Crippen LogP contribution in [0.2, 0.25) is 0 Å². The van der Waals surface area contributed by atoms with Gasteiger partial charge in [0.2, 0.25) is 0 Å². The van der Waals surface area contributed by atoms with Gasteiger partial charge in [0.25, 0.3) is 0 Å². The molecule has 1 aliphatic rings. The summed E-state index contributed by atoms with van der Waals surface area (Å²) in [5, 5.41) is 5.21. The van der Waals surface area contributed by atoms with E-state index in [-0.39, 0.29) is 6.85 Å². The van der Waals surface area contributed by atoms with E-state index in [2.05, 4.69) is 161 Å². The molecule has 200 valence electrons. The van der Waals surface area contributed by atoms with Crippen LogP contribution in [0.1, 0.15) is 0 Å². The van der Waals surface area contributed by atoms with Crippen LogP contribution >= 0.6 is 10.0 Å². The van der Waals surface area contributed by atoms with Gasteiger partial charge in [0, 0.05) is 38.3 Å². The lowest BCUT2D eigenvalue weighted by atomic mass is 9.50. The number of nitrogens with zero attached hydrogens (tertiary/aromatic N) is 2. The summed E-state index contributed by atoms with van der Waals surface area (Å²) >= 11 is 0. The monoisotopic (exact) mass is 556 g/mol. The van der Waals surface area contributed by atoms with Crippen molar-refractivity contribution >= 4 is 71.4 Å². The Morgan fingerprint density at radius 1 is 0.476 bits per heavy atom. The van der Waals surface area contributed by atoms with Crippen LogP contribution in [0.4, 0.5) is 0 Å². The van der Waals surface area contributed by atoms with E-state index in [1.807, 2.05) is 0 Å². The van der Waals surface area contributed by atoms with Crippen LogP contribution in [0.5, 0.6) is 0 Å². The van der Waals surface area contributed by atoms with Crippen molar-refractivity contribution in [2.24, 2.45) is 0 Å². The van der Waals surface area contributed by atoms with E-state index in [9.17, 15) is 0 Å². The first kappa shape index (κ1) is 24.0. The second-order valence-corrected chi connectivity index (χ2v) is 15.3. The third-order valence-electron chi connectivity index (χ3n) is 9.31. The predicted octanol–water partition coefficient (Wildman–Crippen LogP) is 8.34. The van der Waals surface area contributed by atoms with E-state index in [4.69, 9.17) is 0 Å². The fourth-order valence-corrected chi connectivity index (χ4v) is 10.2. The van der Waals surface area contributed by atoms with Gasteiger partial charge < -0.3 is 9.05 Å². The molecule has 0 spiro atoms. The highest BCUT2D eigenvalue weighted by Crippen LogP contribution is 2.57. The van der Waals surface area contributed by atoms with Crippen molar-refractivity contribution in [3.63, 3.8) is 0 Å². The summed E-state index contributed by atoms with van der Waals surface area (Å²) in [6.07, 6.45) is 4.91. The maximum absolute atomic E-state index is 2.67. The molecule has 2 nitrogen and oxygen atoms in total. The molecule has 0 bridgehead atoms. The molecule has 0 fully saturated rings. The Balaban J connectivity index is 1.51. The van der Waals surface area contributed by atoms with E-state index in [1.54, 1.807) is 0 Å². The quantitative estimate of drug-likeness (QED) is 0.190. The molecule has 4 heteroatoms. The van der Waals surface area contributed by atoms with Gasteiger partial charge in [-0.1, -0.05) is 109 Å². The van der Waals surface area contributed by atoms with E-state index in [0.717, 1.165) is 0 Å². The van der Waals surface area contributed by atoms with Crippen molar-refractivity contribution in [3.8, 4) is 5.69 Å². The average molecular weight is 557 g/mol. The molecule has 6 aromatic carbocycles. The fraction of sp³-hybridized carbons (Fsp3) is 0.0526. The van der Waals surface area contributed by atoms with Gasteiger partial charge in [-0.2, -0.15) is 10.0 Å². The summed E-state index contributed by atoms with van der Waals surface area (Å²) in [5.74, 6) is 0. The number of rotatable bonds is 2. The summed E-state index contributed by atoms with van der Waals surface area (Å²) in [4.78, 5) is 2.97. The maximum Gasteiger partial charge on any atom is 0.330 e. The Labute approximate surface area is 247 Å². The lowest BCUT2D eigenvalue weighted by Gasteiger charge is -2.42. The molecule has 0 radical (unpaired) electrons. The molecule has 8 aromatic rings. The Morgan fingerprint density at radius 3 is 1.76 bits per heavy atom. The van der Waals surface area contributed by atoms with Crippen molar-refractivity contribution < 1.29 is 0 Å². The molecule has 0 amide bonds. The third-order valence-corrected chi connectivity index (χ3v) is 12.2.